The summed E-state index contributed by atoms with van der Waals surface area (Å²) < 4.78 is 98.4. The molecule has 0 radical (unpaired) electrons. The van der Waals surface area contributed by atoms with Crippen LogP contribution >= 0.6 is 22.9 Å². The molecule has 0 atom stereocenters. The molecule has 198 valence electrons. The largest absolute Gasteiger partial charge is 1.00 e. The monoisotopic (exact) mass is 627 g/mol. The lowest BCUT2D eigenvalue weighted by Gasteiger charge is -2.28. The first-order valence-corrected chi connectivity index (χ1v) is 11.6. The molecule has 0 aliphatic rings. The fourth-order valence-electron chi connectivity index (χ4n) is 3.35. The summed E-state index contributed by atoms with van der Waals surface area (Å²) in [6.07, 6.45) is -6.62. The predicted molar refractivity (Wildman–Crippen MR) is 122 cm³/mol. The van der Waals surface area contributed by atoms with E-state index in [9.17, 15) is 30.7 Å². The Labute approximate surface area is 225 Å². The maximum absolute atomic E-state index is 13.7. The van der Waals surface area contributed by atoms with Crippen LogP contribution in [0, 0.1) is 0 Å². The molecule has 0 fully saturated rings. The highest BCUT2D eigenvalue weighted by molar-refractivity contribution is 7.07. The van der Waals surface area contributed by atoms with Crippen molar-refractivity contribution < 1.29 is 52.1 Å². The Balaban J connectivity index is 0.00000380. The first-order valence-electron chi connectivity index (χ1n) is 10.3. The Kier molecular flexibility index (Phi) is 8.65. The molecular weight excluding hydrogens is 613 g/mol. The van der Waals surface area contributed by atoms with Gasteiger partial charge in [-0.3, -0.25) is 0 Å². The predicted octanol–water partition coefficient (Wildman–Crippen LogP) is 5.12. The minimum absolute atomic E-state index is 0. The highest BCUT2D eigenvalue weighted by Gasteiger charge is 2.72. The Morgan fingerprint density at radius 1 is 0.892 bits per heavy atom. The highest BCUT2D eigenvalue weighted by Crippen LogP contribution is 2.47. The van der Waals surface area contributed by atoms with Gasteiger partial charge in [0, 0.05) is 16.8 Å². The van der Waals surface area contributed by atoms with Gasteiger partial charge in [0.1, 0.15) is 5.76 Å². The number of alkyl halides is 7. The number of benzene rings is 2. The average molecular weight is 629 g/mol. The van der Waals surface area contributed by atoms with E-state index in [1.807, 2.05) is 22.1 Å². The lowest BCUT2D eigenvalue weighted by atomic mass is 10.0. The molecule has 0 spiro atoms. The molecule has 13 heteroatoms. The van der Waals surface area contributed by atoms with Gasteiger partial charge in [-0.15, -0.1) is 11.3 Å². The van der Waals surface area contributed by atoms with Crippen LogP contribution in [-0.2, 0) is 13.0 Å². The first-order chi connectivity index (χ1) is 16.9. The van der Waals surface area contributed by atoms with Crippen molar-refractivity contribution in [2.24, 2.45) is 4.99 Å². The molecule has 3 nitrogen and oxygen atoms in total. The molecular formula is C24H16BrClF7N2OS-. The van der Waals surface area contributed by atoms with Crippen LogP contribution in [0.3, 0.4) is 0 Å². The zero-order valence-corrected chi connectivity index (χ0v) is 21.6. The van der Waals surface area contributed by atoms with Gasteiger partial charge in [0.15, 0.2) is 4.80 Å². The van der Waals surface area contributed by atoms with E-state index in [-0.39, 0.29) is 22.5 Å². The lowest BCUT2D eigenvalue weighted by Crippen LogP contribution is -3.00. The third-order valence-corrected chi connectivity index (χ3v) is 6.35. The van der Waals surface area contributed by atoms with Crippen molar-refractivity contribution in [2.45, 2.75) is 31.0 Å². The fraction of sp³-hybridized carbons (Fsp3) is 0.208. The van der Waals surface area contributed by atoms with E-state index in [0.717, 1.165) is 23.4 Å². The summed E-state index contributed by atoms with van der Waals surface area (Å²) in [4.78, 5) is 5.02. The zero-order valence-electron chi connectivity index (χ0n) is 18.5. The van der Waals surface area contributed by atoms with Crippen LogP contribution in [0.5, 0.6) is 0 Å². The minimum Gasteiger partial charge on any atom is -1.00 e. The quantitative estimate of drug-likeness (QED) is 0.262. The maximum Gasteiger partial charge on any atom is 0.459 e. The topological polar surface area (TPSA) is 30.4 Å². The number of aromatic nitrogens is 1. The maximum atomic E-state index is 13.7. The molecule has 0 bridgehead atoms. The average Bonchev–Trinajstić information content (AvgIpc) is 3.45. The van der Waals surface area contributed by atoms with Gasteiger partial charge in [0.2, 0.25) is 0 Å². The molecule has 2 aromatic carbocycles. The van der Waals surface area contributed by atoms with Crippen LogP contribution in [0.4, 0.5) is 36.4 Å². The zero-order chi connectivity index (χ0) is 26.1. The number of nitrogens with zero attached hydrogens (tertiary/aromatic N) is 2. The van der Waals surface area contributed by atoms with Crippen molar-refractivity contribution in [3.8, 4) is 11.3 Å². The van der Waals surface area contributed by atoms with Crippen LogP contribution < -0.4 is 21.8 Å². The molecule has 0 aliphatic carbocycles. The third-order valence-electron chi connectivity index (χ3n) is 5.23. The molecule has 4 rings (SSSR count). The Morgan fingerprint density at radius 2 is 1.54 bits per heavy atom. The second-order valence-corrected chi connectivity index (χ2v) is 9.08. The highest BCUT2D eigenvalue weighted by atomic mass is 79.9. The Bertz CT molecular complexity index is 1380. The van der Waals surface area contributed by atoms with Gasteiger partial charge < -0.3 is 26.0 Å². The van der Waals surface area contributed by atoms with Gasteiger partial charge in [0.25, 0.3) is 0 Å². The molecule has 0 saturated carbocycles. The second kappa shape index (κ2) is 11.0. The van der Waals surface area contributed by atoms with E-state index in [2.05, 4.69) is 4.99 Å². The molecule has 4 aromatic rings. The summed E-state index contributed by atoms with van der Waals surface area (Å²) >= 11 is 7.27. The van der Waals surface area contributed by atoms with Gasteiger partial charge in [-0.05, 0) is 47.5 Å². The molecule has 0 N–H and O–H groups in total. The van der Waals surface area contributed by atoms with E-state index in [4.69, 9.17) is 16.0 Å². The number of rotatable bonds is 7. The molecule has 37 heavy (non-hydrogen) atoms. The third kappa shape index (κ3) is 6.29. The number of hydrogen-bond donors (Lipinski definition) is 0. The molecule has 0 amide bonds. The molecule has 0 unspecified atom stereocenters. The van der Waals surface area contributed by atoms with Crippen molar-refractivity contribution in [2.75, 3.05) is 0 Å². The Morgan fingerprint density at radius 3 is 2.11 bits per heavy atom. The van der Waals surface area contributed by atoms with Crippen molar-refractivity contribution in [1.82, 2.24) is 4.57 Å². The Hall–Kier alpha value is -2.57. The SMILES string of the molecule is FC(F)(F)C(F)(F)C(F)(F)Cc1ccc(N=c2scc(-c3ccc(Cl)cc3)n2Cc2ccco2)cc1.[Br-]. The number of furan rings is 1. The fourth-order valence-corrected chi connectivity index (χ4v) is 4.41. The summed E-state index contributed by atoms with van der Waals surface area (Å²) in [5, 5.41) is 2.43. The first kappa shape index (κ1) is 29.0. The summed E-state index contributed by atoms with van der Waals surface area (Å²) in [5.74, 6) is -10.8. The van der Waals surface area contributed by atoms with E-state index in [1.54, 1.807) is 24.3 Å². The summed E-state index contributed by atoms with van der Waals surface area (Å²) in [7, 11) is 0. The molecule has 2 heterocycles. The van der Waals surface area contributed by atoms with Crippen LogP contribution in [0.25, 0.3) is 11.3 Å². The van der Waals surface area contributed by atoms with Gasteiger partial charge >= 0.3 is 18.0 Å². The van der Waals surface area contributed by atoms with Crippen molar-refractivity contribution in [1.29, 1.82) is 0 Å². The van der Waals surface area contributed by atoms with Crippen molar-refractivity contribution in [3.63, 3.8) is 0 Å². The summed E-state index contributed by atoms with van der Waals surface area (Å²) in [6.45, 7) is 0.324. The number of hydrogen-bond acceptors (Lipinski definition) is 3. The van der Waals surface area contributed by atoms with E-state index >= 15 is 0 Å². The molecule has 0 aliphatic heterocycles. The van der Waals surface area contributed by atoms with Crippen molar-refractivity contribution in [3.05, 3.63) is 93.5 Å². The van der Waals surface area contributed by atoms with E-state index < -0.39 is 24.4 Å². The summed E-state index contributed by atoms with van der Waals surface area (Å²) in [6, 6.07) is 15.3. The lowest BCUT2D eigenvalue weighted by molar-refractivity contribution is -0.354. The van der Waals surface area contributed by atoms with Crippen LogP contribution in [0.1, 0.15) is 11.3 Å². The van der Waals surface area contributed by atoms with Crippen LogP contribution in [-0.4, -0.2) is 22.6 Å². The second-order valence-electron chi connectivity index (χ2n) is 7.81. The van der Waals surface area contributed by atoms with Gasteiger partial charge in [-0.2, -0.15) is 30.7 Å². The molecule has 2 aromatic heterocycles. The standard InChI is InChI=1S/C24H16ClF7N2OS.BrH/c25-17-7-5-16(6-8-17)20-14-36-21(34(20)13-19-2-1-11-35-19)33-18-9-3-15(4-10-18)12-22(26,27)23(28,29)24(30,31)32;/h1-11,14H,12-13H2;1H/p-1. The van der Waals surface area contributed by atoms with Gasteiger partial charge in [-0.25, -0.2) is 4.99 Å². The number of halogens is 9. The van der Waals surface area contributed by atoms with Gasteiger partial charge in [-0.1, -0.05) is 35.9 Å². The van der Waals surface area contributed by atoms with Crippen LogP contribution in [0.2, 0.25) is 5.02 Å². The van der Waals surface area contributed by atoms with E-state index in [1.165, 1.54) is 29.7 Å². The normalized spacial score (nSPS) is 13.0. The number of thiazole rings is 1. The smallest absolute Gasteiger partial charge is 0.459 e. The molecule has 0 saturated heterocycles. The van der Waals surface area contributed by atoms with E-state index in [0.29, 0.717) is 27.8 Å². The van der Waals surface area contributed by atoms with Gasteiger partial charge in [0.05, 0.1) is 24.2 Å². The minimum atomic E-state index is -6.37. The summed E-state index contributed by atoms with van der Waals surface area (Å²) in [5.41, 5.74) is 1.56. The van der Waals surface area contributed by atoms with Crippen molar-refractivity contribution >= 4 is 28.6 Å². The van der Waals surface area contributed by atoms with Crippen LogP contribution in [0.15, 0.2) is 81.7 Å².